The fourth-order valence-electron chi connectivity index (χ4n) is 1.14. The molecule has 0 fully saturated rings. The molecule has 0 bridgehead atoms. The molecule has 0 saturated carbocycles. The van der Waals surface area contributed by atoms with Crippen molar-refractivity contribution in [3.8, 4) is 0 Å². The molecule has 0 aliphatic heterocycles. The maximum Gasteiger partial charge on any atom is 0.271 e. The summed E-state index contributed by atoms with van der Waals surface area (Å²) < 4.78 is 0. The number of hydrogen-bond donors (Lipinski definition) is 2. The van der Waals surface area contributed by atoms with Crippen molar-refractivity contribution in [2.75, 3.05) is 5.73 Å². The van der Waals surface area contributed by atoms with Crippen molar-refractivity contribution in [1.29, 1.82) is 0 Å². The number of anilines is 1. The Morgan fingerprint density at radius 3 is 2.75 bits per heavy atom. The number of nitrogens with one attached hydrogen (secondary N) is 1. The third kappa shape index (κ3) is 2.12. The van der Waals surface area contributed by atoms with Gasteiger partial charge in [-0.3, -0.25) is 4.79 Å². The molecule has 66 valence electrons. The van der Waals surface area contributed by atoms with Crippen molar-refractivity contribution in [2.45, 2.75) is 20.3 Å². The molecule has 0 aliphatic carbocycles. The largest absolute Gasteiger partial charge is 0.394 e. The van der Waals surface area contributed by atoms with Gasteiger partial charge < -0.3 is 10.7 Å². The summed E-state index contributed by atoms with van der Waals surface area (Å²) in [6, 6.07) is 1.73. The zero-order valence-electron chi connectivity index (χ0n) is 7.42. The van der Waals surface area contributed by atoms with E-state index in [1.807, 2.05) is 0 Å². The van der Waals surface area contributed by atoms with Crippen LogP contribution in [0.2, 0.25) is 0 Å². The number of aromatic amines is 1. The van der Waals surface area contributed by atoms with Crippen LogP contribution in [0.3, 0.4) is 0 Å². The van der Waals surface area contributed by atoms with Crippen molar-refractivity contribution in [3.63, 3.8) is 0 Å². The van der Waals surface area contributed by atoms with Gasteiger partial charge in [-0.2, -0.15) is 0 Å². The third-order valence-electron chi connectivity index (χ3n) is 1.64. The minimum atomic E-state index is -0.206. The molecule has 1 aromatic rings. The van der Waals surface area contributed by atoms with E-state index < -0.39 is 0 Å². The van der Waals surface area contributed by atoms with Crippen LogP contribution < -0.4 is 11.3 Å². The molecule has 0 amide bonds. The third-order valence-corrected chi connectivity index (χ3v) is 1.64. The summed E-state index contributed by atoms with van der Waals surface area (Å²) in [5, 5.41) is 0. The molecule has 3 N–H and O–H groups in total. The van der Waals surface area contributed by atoms with Crippen LogP contribution >= 0.6 is 0 Å². The molecule has 0 spiro atoms. The lowest BCUT2D eigenvalue weighted by molar-refractivity contribution is 0.645. The summed E-state index contributed by atoms with van der Waals surface area (Å²) in [5.74, 6) is 0.579. The van der Waals surface area contributed by atoms with E-state index in [1.54, 1.807) is 12.3 Å². The van der Waals surface area contributed by atoms with Gasteiger partial charge in [0, 0.05) is 6.20 Å². The van der Waals surface area contributed by atoms with Crippen LogP contribution in [0.1, 0.15) is 19.4 Å². The van der Waals surface area contributed by atoms with E-state index in [1.165, 1.54) is 0 Å². The van der Waals surface area contributed by atoms with Crippen LogP contribution in [-0.4, -0.2) is 4.98 Å². The van der Waals surface area contributed by atoms with Crippen LogP contribution in [0.15, 0.2) is 17.1 Å². The second kappa shape index (κ2) is 3.43. The monoisotopic (exact) mass is 166 g/mol. The highest BCUT2D eigenvalue weighted by atomic mass is 16.1. The average Bonchev–Trinajstić information content (AvgIpc) is 1.96. The van der Waals surface area contributed by atoms with Gasteiger partial charge in [-0.05, 0) is 24.0 Å². The normalized spacial score (nSPS) is 10.6. The van der Waals surface area contributed by atoms with E-state index in [-0.39, 0.29) is 5.56 Å². The van der Waals surface area contributed by atoms with Crippen LogP contribution in [0.5, 0.6) is 0 Å². The van der Waals surface area contributed by atoms with Crippen LogP contribution in [-0.2, 0) is 6.42 Å². The molecule has 3 nitrogen and oxygen atoms in total. The molecule has 0 saturated heterocycles. The topological polar surface area (TPSA) is 58.9 Å². The quantitative estimate of drug-likeness (QED) is 0.692. The molecule has 0 unspecified atom stereocenters. The van der Waals surface area contributed by atoms with Gasteiger partial charge in [0.2, 0.25) is 0 Å². The molecule has 1 aromatic heterocycles. The standard InChI is InChI=1S/C9H14N2O/c1-6(2)3-7-4-8(10)9(12)11-5-7/h4-6H,3,10H2,1-2H3,(H,11,12). The number of H-pyrrole nitrogens is 1. The summed E-state index contributed by atoms with van der Waals surface area (Å²) in [6.45, 7) is 4.25. The molecule has 3 heteroatoms. The SMILES string of the molecule is CC(C)Cc1c[nH]c(=O)c(N)c1. The van der Waals surface area contributed by atoms with Gasteiger partial charge in [-0.15, -0.1) is 0 Å². The first-order valence-corrected chi connectivity index (χ1v) is 4.06. The van der Waals surface area contributed by atoms with Gasteiger partial charge in [0.1, 0.15) is 0 Å². The van der Waals surface area contributed by atoms with Gasteiger partial charge in [0.15, 0.2) is 0 Å². The van der Waals surface area contributed by atoms with Gasteiger partial charge in [-0.25, -0.2) is 0 Å². The zero-order chi connectivity index (χ0) is 9.14. The zero-order valence-corrected chi connectivity index (χ0v) is 7.42. The molecule has 1 rings (SSSR count). The fourth-order valence-corrected chi connectivity index (χ4v) is 1.14. The van der Waals surface area contributed by atoms with E-state index >= 15 is 0 Å². The Morgan fingerprint density at radius 2 is 2.25 bits per heavy atom. The lowest BCUT2D eigenvalue weighted by atomic mass is 10.0. The number of hydrogen-bond acceptors (Lipinski definition) is 2. The summed E-state index contributed by atoms with van der Waals surface area (Å²) >= 11 is 0. The minimum Gasteiger partial charge on any atom is -0.394 e. The summed E-state index contributed by atoms with van der Waals surface area (Å²) in [4.78, 5) is 13.5. The molecular formula is C9H14N2O. The Bertz CT molecular complexity index is 315. The molecule has 0 atom stereocenters. The highest BCUT2D eigenvalue weighted by Crippen LogP contribution is 2.06. The number of nitrogen functional groups attached to an aromatic ring is 1. The average molecular weight is 166 g/mol. The Hall–Kier alpha value is -1.25. The molecule has 0 aromatic carbocycles. The highest BCUT2D eigenvalue weighted by molar-refractivity contribution is 5.37. The Labute approximate surface area is 71.6 Å². The second-order valence-electron chi connectivity index (χ2n) is 3.39. The Balaban J connectivity index is 2.90. The van der Waals surface area contributed by atoms with Crippen molar-refractivity contribution >= 4 is 5.69 Å². The van der Waals surface area contributed by atoms with Crippen molar-refractivity contribution in [1.82, 2.24) is 4.98 Å². The van der Waals surface area contributed by atoms with E-state index in [0.29, 0.717) is 11.6 Å². The predicted molar refractivity (Wildman–Crippen MR) is 50.0 cm³/mol. The number of rotatable bonds is 2. The Morgan fingerprint density at radius 1 is 1.58 bits per heavy atom. The molecule has 0 radical (unpaired) electrons. The Kier molecular flexibility index (Phi) is 2.53. The van der Waals surface area contributed by atoms with Crippen molar-refractivity contribution in [2.24, 2.45) is 5.92 Å². The first-order chi connectivity index (χ1) is 5.59. The first-order valence-electron chi connectivity index (χ1n) is 4.06. The molecule has 12 heavy (non-hydrogen) atoms. The summed E-state index contributed by atoms with van der Waals surface area (Å²) in [7, 11) is 0. The minimum absolute atomic E-state index is 0.206. The van der Waals surface area contributed by atoms with E-state index in [0.717, 1.165) is 12.0 Å². The lowest BCUT2D eigenvalue weighted by Crippen LogP contribution is -2.12. The van der Waals surface area contributed by atoms with Gasteiger partial charge in [0.05, 0.1) is 5.69 Å². The van der Waals surface area contributed by atoms with Gasteiger partial charge >= 0.3 is 0 Å². The lowest BCUT2D eigenvalue weighted by Gasteiger charge is -2.04. The van der Waals surface area contributed by atoms with E-state index in [4.69, 9.17) is 5.73 Å². The van der Waals surface area contributed by atoms with Gasteiger partial charge in [0.25, 0.3) is 5.56 Å². The molecule has 0 aliphatic rings. The van der Waals surface area contributed by atoms with E-state index in [9.17, 15) is 4.79 Å². The van der Waals surface area contributed by atoms with Crippen LogP contribution in [0, 0.1) is 5.92 Å². The van der Waals surface area contributed by atoms with Crippen molar-refractivity contribution in [3.05, 3.63) is 28.2 Å². The number of nitrogens with two attached hydrogens (primary N) is 1. The summed E-state index contributed by atoms with van der Waals surface area (Å²) in [6.07, 6.45) is 2.67. The number of aromatic nitrogens is 1. The molecule has 1 heterocycles. The second-order valence-corrected chi connectivity index (χ2v) is 3.39. The number of pyridine rings is 1. The first kappa shape index (κ1) is 8.84. The maximum atomic E-state index is 10.9. The highest BCUT2D eigenvalue weighted by Gasteiger charge is 1.99. The van der Waals surface area contributed by atoms with Gasteiger partial charge in [-0.1, -0.05) is 13.8 Å². The van der Waals surface area contributed by atoms with Crippen LogP contribution in [0.4, 0.5) is 5.69 Å². The van der Waals surface area contributed by atoms with E-state index in [2.05, 4.69) is 18.8 Å². The molecular weight excluding hydrogens is 152 g/mol. The van der Waals surface area contributed by atoms with Crippen LogP contribution in [0.25, 0.3) is 0 Å². The summed E-state index contributed by atoms with van der Waals surface area (Å²) in [5.41, 5.74) is 6.63. The fraction of sp³-hybridized carbons (Fsp3) is 0.444. The smallest absolute Gasteiger partial charge is 0.271 e. The maximum absolute atomic E-state index is 10.9. The van der Waals surface area contributed by atoms with Crippen molar-refractivity contribution < 1.29 is 0 Å². The predicted octanol–water partition coefficient (Wildman–Crippen LogP) is 1.16.